The van der Waals surface area contributed by atoms with Gasteiger partial charge in [0.15, 0.2) is 10.8 Å². The quantitative estimate of drug-likeness (QED) is 0.893. The van der Waals surface area contributed by atoms with Crippen LogP contribution >= 0.6 is 36.2 Å². The van der Waals surface area contributed by atoms with Crippen molar-refractivity contribution in [1.29, 1.82) is 0 Å². The standard InChI is InChI=1S/C15H21N3OS.2ClH/c1-11(16)13-5-2-3-7-18(13)9-12-10-20-15(17-12)14-6-4-8-19-14;;/h4,6,8,10-11,13H,2-3,5,7,9,16H2,1H3;2*1H. The summed E-state index contributed by atoms with van der Waals surface area (Å²) in [6.45, 7) is 4.13. The summed E-state index contributed by atoms with van der Waals surface area (Å²) in [4.78, 5) is 7.16. The van der Waals surface area contributed by atoms with Gasteiger partial charge in [-0.05, 0) is 38.4 Å². The number of rotatable bonds is 4. The van der Waals surface area contributed by atoms with Gasteiger partial charge in [-0.25, -0.2) is 4.98 Å². The minimum atomic E-state index is 0. The van der Waals surface area contributed by atoms with Gasteiger partial charge in [-0.3, -0.25) is 4.90 Å². The van der Waals surface area contributed by atoms with Gasteiger partial charge in [0.1, 0.15) is 0 Å². The Labute approximate surface area is 147 Å². The maximum atomic E-state index is 6.12. The molecule has 0 aromatic carbocycles. The van der Waals surface area contributed by atoms with E-state index in [0.717, 1.165) is 29.6 Å². The van der Waals surface area contributed by atoms with Gasteiger partial charge >= 0.3 is 0 Å². The number of hydrogen-bond acceptors (Lipinski definition) is 5. The molecule has 0 radical (unpaired) electrons. The number of furan rings is 1. The molecule has 1 saturated heterocycles. The van der Waals surface area contributed by atoms with Crippen LogP contribution in [0, 0.1) is 0 Å². The van der Waals surface area contributed by atoms with E-state index in [-0.39, 0.29) is 30.9 Å². The largest absolute Gasteiger partial charge is 0.462 e. The van der Waals surface area contributed by atoms with Gasteiger partial charge in [-0.1, -0.05) is 6.42 Å². The first kappa shape index (κ1) is 19.5. The highest BCUT2D eigenvalue weighted by molar-refractivity contribution is 7.13. The van der Waals surface area contributed by atoms with E-state index in [1.165, 1.54) is 19.3 Å². The van der Waals surface area contributed by atoms with E-state index in [9.17, 15) is 0 Å². The maximum absolute atomic E-state index is 6.12. The van der Waals surface area contributed by atoms with Gasteiger partial charge in [0.05, 0.1) is 12.0 Å². The second kappa shape index (κ2) is 8.89. The summed E-state index contributed by atoms with van der Waals surface area (Å²) in [5.41, 5.74) is 7.24. The summed E-state index contributed by atoms with van der Waals surface area (Å²) in [6, 6.07) is 4.55. The van der Waals surface area contributed by atoms with Gasteiger partial charge in [-0.2, -0.15) is 0 Å². The zero-order chi connectivity index (χ0) is 13.9. The van der Waals surface area contributed by atoms with Crippen LogP contribution in [0.5, 0.6) is 0 Å². The number of nitrogens with two attached hydrogens (primary N) is 1. The molecular formula is C15H23Cl2N3OS. The molecule has 7 heteroatoms. The fraction of sp³-hybridized carbons (Fsp3) is 0.533. The Morgan fingerprint density at radius 1 is 1.45 bits per heavy atom. The van der Waals surface area contributed by atoms with Crippen molar-refractivity contribution >= 4 is 36.2 Å². The first-order chi connectivity index (χ1) is 9.74. The van der Waals surface area contributed by atoms with Crippen LogP contribution in [-0.4, -0.2) is 28.5 Å². The molecule has 2 aromatic heterocycles. The molecule has 1 aliphatic rings. The van der Waals surface area contributed by atoms with Crippen LogP contribution in [-0.2, 0) is 6.54 Å². The molecule has 3 heterocycles. The predicted octanol–water partition coefficient (Wildman–Crippen LogP) is 3.95. The Balaban J connectivity index is 0.00000121. The average molecular weight is 364 g/mol. The molecule has 0 aliphatic carbocycles. The molecule has 0 amide bonds. The molecule has 4 nitrogen and oxygen atoms in total. The number of hydrogen-bond donors (Lipinski definition) is 1. The SMILES string of the molecule is CC(N)C1CCCCN1Cc1csc(-c2ccco2)n1.Cl.Cl. The minimum absolute atomic E-state index is 0. The van der Waals surface area contributed by atoms with Crippen molar-refractivity contribution in [3.63, 3.8) is 0 Å². The topological polar surface area (TPSA) is 55.3 Å². The lowest BCUT2D eigenvalue weighted by molar-refractivity contribution is 0.122. The van der Waals surface area contributed by atoms with E-state index in [1.807, 2.05) is 12.1 Å². The smallest absolute Gasteiger partial charge is 0.162 e. The molecule has 2 N–H and O–H groups in total. The van der Waals surface area contributed by atoms with Crippen molar-refractivity contribution in [3.8, 4) is 10.8 Å². The molecule has 3 rings (SSSR count). The van der Waals surface area contributed by atoms with Crippen molar-refractivity contribution in [1.82, 2.24) is 9.88 Å². The Morgan fingerprint density at radius 3 is 2.95 bits per heavy atom. The molecule has 2 unspecified atom stereocenters. The highest BCUT2D eigenvalue weighted by atomic mass is 35.5. The number of nitrogens with zero attached hydrogens (tertiary/aromatic N) is 2. The third-order valence-electron chi connectivity index (χ3n) is 3.92. The van der Waals surface area contributed by atoms with Crippen LogP contribution < -0.4 is 5.73 Å². The molecule has 0 saturated carbocycles. The zero-order valence-electron chi connectivity index (χ0n) is 12.6. The highest BCUT2D eigenvalue weighted by Crippen LogP contribution is 2.26. The summed E-state index contributed by atoms with van der Waals surface area (Å²) >= 11 is 1.64. The van der Waals surface area contributed by atoms with Crippen LogP contribution in [0.15, 0.2) is 28.2 Å². The molecule has 0 spiro atoms. The van der Waals surface area contributed by atoms with Crippen molar-refractivity contribution in [3.05, 3.63) is 29.5 Å². The van der Waals surface area contributed by atoms with Gasteiger partial charge < -0.3 is 10.2 Å². The maximum Gasteiger partial charge on any atom is 0.162 e. The van der Waals surface area contributed by atoms with Crippen molar-refractivity contribution in [2.75, 3.05) is 6.54 Å². The molecule has 1 fully saturated rings. The summed E-state index contributed by atoms with van der Waals surface area (Å²) in [5.74, 6) is 0.851. The van der Waals surface area contributed by atoms with Crippen LogP contribution in [0.1, 0.15) is 31.9 Å². The lowest BCUT2D eigenvalue weighted by Crippen LogP contribution is -2.48. The van der Waals surface area contributed by atoms with E-state index in [0.29, 0.717) is 6.04 Å². The van der Waals surface area contributed by atoms with E-state index >= 15 is 0 Å². The summed E-state index contributed by atoms with van der Waals surface area (Å²) in [6.07, 6.45) is 5.44. The lowest BCUT2D eigenvalue weighted by atomic mass is 9.97. The second-order valence-corrected chi connectivity index (χ2v) is 6.37. The van der Waals surface area contributed by atoms with E-state index in [1.54, 1.807) is 17.6 Å². The lowest BCUT2D eigenvalue weighted by Gasteiger charge is -2.37. The molecule has 22 heavy (non-hydrogen) atoms. The number of aromatic nitrogens is 1. The van der Waals surface area contributed by atoms with Gasteiger partial charge in [0.25, 0.3) is 0 Å². The Kier molecular flexibility index (Phi) is 7.86. The highest BCUT2D eigenvalue weighted by Gasteiger charge is 2.26. The Hall–Kier alpha value is -0.590. The normalized spacial score (nSPS) is 20.0. The van der Waals surface area contributed by atoms with Gasteiger partial charge in [-0.15, -0.1) is 36.2 Å². The third-order valence-corrected chi connectivity index (χ3v) is 4.83. The number of thiazole rings is 1. The van der Waals surface area contributed by atoms with Crippen LogP contribution in [0.25, 0.3) is 10.8 Å². The second-order valence-electron chi connectivity index (χ2n) is 5.51. The first-order valence-electron chi connectivity index (χ1n) is 7.22. The van der Waals surface area contributed by atoms with Crippen LogP contribution in [0.2, 0.25) is 0 Å². The van der Waals surface area contributed by atoms with Crippen LogP contribution in [0.3, 0.4) is 0 Å². The molecule has 1 aliphatic heterocycles. The first-order valence-corrected chi connectivity index (χ1v) is 8.10. The number of piperidine rings is 1. The van der Waals surface area contributed by atoms with Crippen molar-refractivity contribution < 1.29 is 4.42 Å². The van der Waals surface area contributed by atoms with Crippen LogP contribution in [0.4, 0.5) is 0 Å². The fourth-order valence-corrected chi connectivity index (χ4v) is 3.69. The Bertz CT molecular complexity index is 545. The average Bonchev–Trinajstić information content (AvgIpc) is 3.09. The molecule has 0 bridgehead atoms. The summed E-state index contributed by atoms with van der Waals surface area (Å²) in [7, 11) is 0. The Morgan fingerprint density at radius 2 is 2.27 bits per heavy atom. The fourth-order valence-electron chi connectivity index (χ4n) is 2.91. The van der Waals surface area contributed by atoms with E-state index in [4.69, 9.17) is 10.2 Å². The minimum Gasteiger partial charge on any atom is -0.462 e. The van der Waals surface area contributed by atoms with E-state index in [2.05, 4.69) is 22.2 Å². The number of likely N-dealkylation sites (tertiary alicyclic amines) is 1. The number of halogens is 2. The summed E-state index contributed by atoms with van der Waals surface area (Å²) in [5, 5.41) is 3.09. The third kappa shape index (κ3) is 4.46. The molecule has 2 aromatic rings. The molecule has 124 valence electrons. The van der Waals surface area contributed by atoms with Crippen molar-refractivity contribution in [2.45, 2.75) is 44.8 Å². The predicted molar refractivity (Wildman–Crippen MR) is 96.0 cm³/mol. The van der Waals surface area contributed by atoms with Crippen molar-refractivity contribution in [2.24, 2.45) is 5.73 Å². The van der Waals surface area contributed by atoms with Gasteiger partial charge in [0, 0.05) is 24.0 Å². The molecule has 2 atom stereocenters. The zero-order valence-corrected chi connectivity index (χ0v) is 15.1. The molecular weight excluding hydrogens is 341 g/mol. The monoisotopic (exact) mass is 363 g/mol. The van der Waals surface area contributed by atoms with Gasteiger partial charge in [0.2, 0.25) is 0 Å². The van der Waals surface area contributed by atoms with E-state index < -0.39 is 0 Å². The summed E-state index contributed by atoms with van der Waals surface area (Å²) < 4.78 is 5.40.